The summed E-state index contributed by atoms with van der Waals surface area (Å²) in [5.74, 6) is -2.91. The first kappa shape index (κ1) is 16.6. The van der Waals surface area contributed by atoms with E-state index in [4.69, 9.17) is 5.11 Å². The average Bonchev–Trinajstić information content (AvgIpc) is 2.30. The van der Waals surface area contributed by atoms with Crippen LogP contribution in [-0.2, 0) is 25.2 Å². The number of carboxylic acids is 1. The van der Waals surface area contributed by atoms with Gasteiger partial charge in [-0.15, -0.1) is 0 Å². The fourth-order valence-corrected chi connectivity index (χ4v) is 3.77. The zero-order valence-corrected chi connectivity index (χ0v) is 13.1. The lowest BCUT2D eigenvalue weighted by atomic mass is 10.2. The third kappa shape index (κ3) is 5.30. The Morgan fingerprint density at radius 2 is 1.95 bits per heavy atom. The number of sulfone groups is 1. The van der Waals surface area contributed by atoms with Gasteiger partial charge in [-0.1, -0.05) is 34.1 Å². The van der Waals surface area contributed by atoms with Crippen molar-refractivity contribution >= 4 is 37.6 Å². The van der Waals surface area contributed by atoms with E-state index >= 15 is 0 Å². The number of carboxylic acid groups (broad SMARTS) is 1. The van der Waals surface area contributed by atoms with Crippen molar-refractivity contribution < 1.29 is 23.1 Å². The Balaban J connectivity index is 2.86. The molecule has 1 unspecified atom stereocenters. The quantitative estimate of drug-likeness (QED) is 0.783. The molecular formula is C12H14BrNO5S. The number of aliphatic carboxylic acids is 1. The van der Waals surface area contributed by atoms with Gasteiger partial charge in [-0.3, -0.25) is 4.79 Å². The molecule has 2 N–H and O–H groups in total. The van der Waals surface area contributed by atoms with E-state index in [1.165, 1.54) is 0 Å². The summed E-state index contributed by atoms with van der Waals surface area (Å²) in [5, 5.41) is 11.0. The van der Waals surface area contributed by atoms with E-state index < -0.39 is 33.5 Å². The Morgan fingerprint density at radius 3 is 2.45 bits per heavy atom. The first-order valence-corrected chi connectivity index (χ1v) is 8.26. The molecule has 8 heteroatoms. The van der Waals surface area contributed by atoms with Crippen molar-refractivity contribution in [2.24, 2.45) is 0 Å². The molecule has 0 fully saturated rings. The van der Waals surface area contributed by atoms with Gasteiger partial charge < -0.3 is 10.4 Å². The molecule has 1 aromatic rings. The minimum atomic E-state index is -3.67. The summed E-state index contributed by atoms with van der Waals surface area (Å²) in [6, 6.07) is 5.33. The van der Waals surface area contributed by atoms with Crippen LogP contribution >= 0.6 is 15.9 Å². The van der Waals surface area contributed by atoms with E-state index in [0.717, 1.165) is 6.92 Å². The molecule has 0 aliphatic rings. The van der Waals surface area contributed by atoms with Crippen molar-refractivity contribution in [3.8, 4) is 0 Å². The number of halogens is 1. The van der Waals surface area contributed by atoms with Gasteiger partial charge in [-0.25, -0.2) is 13.2 Å². The standard InChI is InChI=1S/C12H14BrNO5S/c1-8(15)14-11(12(16)17)7-20(18,19)6-9-4-2-3-5-10(9)13/h2-5,11H,6-7H2,1H3,(H,14,15)(H,16,17). The predicted molar refractivity (Wildman–Crippen MR) is 76.9 cm³/mol. The van der Waals surface area contributed by atoms with Gasteiger partial charge in [-0.2, -0.15) is 0 Å². The van der Waals surface area contributed by atoms with E-state index in [9.17, 15) is 18.0 Å². The highest BCUT2D eigenvalue weighted by Crippen LogP contribution is 2.19. The topological polar surface area (TPSA) is 101 Å². The Morgan fingerprint density at radius 1 is 1.35 bits per heavy atom. The lowest BCUT2D eigenvalue weighted by Crippen LogP contribution is -2.44. The van der Waals surface area contributed by atoms with Crippen LogP contribution in [0.3, 0.4) is 0 Å². The molecule has 20 heavy (non-hydrogen) atoms. The van der Waals surface area contributed by atoms with E-state index in [1.807, 2.05) is 0 Å². The maximum atomic E-state index is 12.0. The van der Waals surface area contributed by atoms with Gasteiger partial charge in [0.2, 0.25) is 5.91 Å². The van der Waals surface area contributed by atoms with Crippen LogP contribution in [0, 0.1) is 0 Å². The molecule has 6 nitrogen and oxygen atoms in total. The van der Waals surface area contributed by atoms with Crippen LogP contribution in [0.2, 0.25) is 0 Å². The third-order valence-corrected chi connectivity index (χ3v) is 4.80. The molecule has 1 atom stereocenters. The molecule has 0 radical (unpaired) electrons. The van der Waals surface area contributed by atoms with Gasteiger partial charge >= 0.3 is 5.97 Å². The smallest absolute Gasteiger partial charge is 0.327 e. The van der Waals surface area contributed by atoms with Gasteiger partial charge in [0.15, 0.2) is 9.84 Å². The van der Waals surface area contributed by atoms with E-state index in [1.54, 1.807) is 24.3 Å². The molecule has 0 heterocycles. The summed E-state index contributed by atoms with van der Waals surface area (Å²) >= 11 is 3.23. The number of amides is 1. The second kappa shape index (κ2) is 6.85. The van der Waals surface area contributed by atoms with Crippen LogP contribution in [0.25, 0.3) is 0 Å². The summed E-state index contributed by atoms with van der Waals surface area (Å²) in [4.78, 5) is 21.8. The number of benzene rings is 1. The van der Waals surface area contributed by atoms with E-state index in [-0.39, 0.29) is 5.75 Å². The molecule has 1 amide bonds. The number of carbonyl (C=O) groups is 2. The summed E-state index contributed by atoms with van der Waals surface area (Å²) in [6.45, 7) is 1.14. The van der Waals surface area contributed by atoms with Crippen molar-refractivity contribution in [2.45, 2.75) is 18.7 Å². The summed E-state index contributed by atoms with van der Waals surface area (Å²) in [5.41, 5.74) is 0.541. The maximum Gasteiger partial charge on any atom is 0.327 e. The van der Waals surface area contributed by atoms with E-state index in [0.29, 0.717) is 10.0 Å². The maximum absolute atomic E-state index is 12.0. The van der Waals surface area contributed by atoms with Crippen LogP contribution in [-0.4, -0.2) is 37.2 Å². The zero-order chi connectivity index (χ0) is 15.3. The van der Waals surface area contributed by atoms with Crippen LogP contribution in [0.15, 0.2) is 28.7 Å². The van der Waals surface area contributed by atoms with Gasteiger partial charge in [0.05, 0.1) is 11.5 Å². The number of nitrogens with one attached hydrogen (secondary N) is 1. The highest BCUT2D eigenvalue weighted by molar-refractivity contribution is 9.10. The second-order valence-electron chi connectivity index (χ2n) is 4.24. The molecule has 0 aliphatic heterocycles. The Kier molecular flexibility index (Phi) is 5.70. The molecule has 1 aromatic carbocycles. The van der Waals surface area contributed by atoms with Crippen LogP contribution in [0.4, 0.5) is 0 Å². The van der Waals surface area contributed by atoms with Crippen LogP contribution in [0.5, 0.6) is 0 Å². The van der Waals surface area contributed by atoms with Crippen LogP contribution in [0.1, 0.15) is 12.5 Å². The molecule has 0 saturated carbocycles. The predicted octanol–water partition coefficient (Wildman–Crippen LogP) is 0.953. The fourth-order valence-electron chi connectivity index (χ4n) is 1.59. The van der Waals surface area contributed by atoms with E-state index in [2.05, 4.69) is 21.2 Å². The lowest BCUT2D eigenvalue weighted by Gasteiger charge is -2.14. The van der Waals surface area contributed by atoms with Gasteiger partial charge in [-0.05, 0) is 11.6 Å². The molecular weight excluding hydrogens is 350 g/mol. The molecule has 110 valence electrons. The summed E-state index contributed by atoms with van der Waals surface area (Å²) in [7, 11) is -3.67. The molecule has 0 spiro atoms. The minimum absolute atomic E-state index is 0.294. The van der Waals surface area contributed by atoms with Crippen molar-refractivity contribution in [3.05, 3.63) is 34.3 Å². The lowest BCUT2D eigenvalue weighted by molar-refractivity contribution is -0.140. The minimum Gasteiger partial charge on any atom is -0.480 e. The Bertz CT molecular complexity index is 614. The molecule has 0 bridgehead atoms. The van der Waals surface area contributed by atoms with Crippen molar-refractivity contribution in [1.29, 1.82) is 0 Å². The highest BCUT2D eigenvalue weighted by Gasteiger charge is 2.26. The molecule has 0 saturated heterocycles. The number of rotatable bonds is 6. The first-order chi connectivity index (χ1) is 9.21. The molecule has 0 aromatic heterocycles. The number of carbonyl (C=O) groups excluding carboxylic acids is 1. The Labute approximate surface area is 125 Å². The fraction of sp³-hybridized carbons (Fsp3) is 0.333. The second-order valence-corrected chi connectivity index (χ2v) is 7.20. The third-order valence-electron chi connectivity index (χ3n) is 2.43. The zero-order valence-electron chi connectivity index (χ0n) is 10.7. The summed E-state index contributed by atoms with van der Waals surface area (Å²) in [6.07, 6.45) is 0. The van der Waals surface area contributed by atoms with Gasteiger partial charge in [0.1, 0.15) is 6.04 Å². The SMILES string of the molecule is CC(=O)NC(CS(=O)(=O)Cc1ccccc1Br)C(=O)O. The summed E-state index contributed by atoms with van der Waals surface area (Å²) < 4.78 is 24.7. The normalized spacial score (nSPS) is 12.7. The van der Waals surface area contributed by atoms with Crippen molar-refractivity contribution in [2.75, 3.05) is 5.75 Å². The number of hydrogen-bond donors (Lipinski definition) is 2. The van der Waals surface area contributed by atoms with Crippen LogP contribution < -0.4 is 5.32 Å². The largest absolute Gasteiger partial charge is 0.480 e. The molecule has 0 aliphatic carbocycles. The highest BCUT2D eigenvalue weighted by atomic mass is 79.9. The van der Waals surface area contributed by atoms with Gasteiger partial charge in [0.25, 0.3) is 0 Å². The Hall–Kier alpha value is -1.41. The van der Waals surface area contributed by atoms with Crippen molar-refractivity contribution in [1.82, 2.24) is 5.32 Å². The monoisotopic (exact) mass is 363 g/mol. The van der Waals surface area contributed by atoms with Gasteiger partial charge in [0, 0.05) is 11.4 Å². The molecule has 1 rings (SSSR count). The first-order valence-electron chi connectivity index (χ1n) is 5.65. The van der Waals surface area contributed by atoms with Crippen molar-refractivity contribution in [3.63, 3.8) is 0 Å². The average molecular weight is 364 g/mol. The number of hydrogen-bond acceptors (Lipinski definition) is 4.